The van der Waals surface area contributed by atoms with E-state index in [4.69, 9.17) is 0 Å². The van der Waals surface area contributed by atoms with E-state index in [9.17, 15) is 18.0 Å². The van der Waals surface area contributed by atoms with Gasteiger partial charge >= 0.3 is 12.1 Å². The lowest BCUT2D eigenvalue weighted by Gasteiger charge is -2.03. The van der Waals surface area contributed by atoms with Crippen molar-refractivity contribution in [3.63, 3.8) is 0 Å². The van der Waals surface area contributed by atoms with Crippen LogP contribution in [0.4, 0.5) is 18.3 Å². The Hall–Kier alpha value is -2.75. The van der Waals surface area contributed by atoms with Crippen LogP contribution < -0.4 is 5.32 Å². The Bertz CT molecular complexity index is 916. The van der Waals surface area contributed by atoms with Gasteiger partial charge in [0.1, 0.15) is 0 Å². The zero-order valence-electron chi connectivity index (χ0n) is 13.7. The highest BCUT2D eigenvalue weighted by molar-refractivity contribution is 7.14. The quantitative estimate of drug-likeness (QED) is 0.714. The molecule has 0 aliphatic heterocycles. The molecule has 0 saturated carbocycles. The summed E-state index contributed by atoms with van der Waals surface area (Å²) in [5, 5.41) is 8.34. The number of hydrogen-bond donors (Lipinski definition) is 1. The van der Waals surface area contributed by atoms with Gasteiger partial charge in [-0.05, 0) is 18.1 Å². The number of nitrogens with zero attached hydrogens (tertiary/aromatic N) is 3. The van der Waals surface area contributed by atoms with Crippen LogP contribution in [0.25, 0.3) is 11.4 Å². The van der Waals surface area contributed by atoms with Crippen molar-refractivity contribution in [3.8, 4) is 11.4 Å². The molecule has 1 aromatic carbocycles. The van der Waals surface area contributed by atoms with Crippen LogP contribution in [0.1, 0.15) is 41.7 Å². The highest BCUT2D eigenvalue weighted by Crippen LogP contribution is 2.29. The Morgan fingerprint density at radius 3 is 2.42 bits per heavy atom. The maximum absolute atomic E-state index is 12.5. The third-order valence-corrected chi connectivity index (χ3v) is 4.18. The van der Waals surface area contributed by atoms with Crippen molar-refractivity contribution in [2.75, 3.05) is 5.32 Å². The second kappa shape index (κ2) is 6.87. The smallest absolute Gasteiger partial charge is 0.329 e. The minimum atomic E-state index is -4.70. The average Bonchev–Trinajstić information content (AvgIpc) is 3.24. The van der Waals surface area contributed by atoms with Crippen molar-refractivity contribution in [1.82, 2.24) is 15.1 Å². The summed E-state index contributed by atoms with van der Waals surface area (Å²) in [5.74, 6) is -1.73. The van der Waals surface area contributed by atoms with E-state index in [1.165, 1.54) is 35.6 Å². The van der Waals surface area contributed by atoms with Gasteiger partial charge in [-0.1, -0.05) is 31.1 Å². The lowest BCUT2D eigenvalue weighted by Crippen LogP contribution is -2.11. The fraction of sp³-hybridized carbons (Fsp3) is 0.250. The third kappa shape index (κ3) is 3.90. The molecule has 0 spiro atoms. The van der Waals surface area contributed by atoms with Crippen LogP contribution in [-0.2, 0) is 6.18 Å². The highest BCUT2D eigenvalue weighted by atomic mass is 32.1. The first-order valence-electron chi connectivity index (χ1n) is 7.52. The summed E-state index contributed by atoms with van der Waals surface area (Å²) in [5.41, 5.74) is 1.52. The minimum Gasteiger partial charge on any atom is -0.329 e. The number of carbonyl (C=O) groups excluding carboxylic acids is 1. The van der Waals surface area contributed by atoms with Crippen LogP contribution in [0.2, 0.25) is 0 Å². The second-order valence-electron chi connectivity index (χ2n) is 5.68. The average molecular weight is 382 g/mol. The van der Waals surface area contributed by atoms with E-state index < -0.39 is 12.1 Å². The summed E-state index contributed by atoms with van der Waals surface area (Å²) in [6.07, 6.45) is -4.70. The fourth-order valence-electron chi connectivity index (χ4n) is 2.00. The molecule has 0 fully saturated rings. The predicted molar refractivity (Wildman–Crippen MR) is 88.9 cm³/mol. The van der Waals surface area contributed by atoms with Crippen LogP contribution in [0, 0.1) is 0 Å². The number of nitrogens with one attached hydrogen (secondary N) is 1. The van der Waals surface area contributed by atoms with Gasteiger partial charge in [-0.25, -0.2) is 4.98 Å². The summed E-state index contributed by atoms with van der Waals surface area (Å²) in [7, 11) is 0. The van der Waals surface area contributed by atoms with Gasteiger partial charge in [-0.15, -0.1) is 11.3 Å². The summed E-state index contributed by atoms with van der Waals surface area (Å²) >= 11 is 1.32. The summed E-state index contributed by atoms with van der Waals surface area (Å²) < 4.78 is 41.7. The molecule has 6 nitrogen and oxygen atoms in total. The predicted octanol–water partition coefficient (Wildman–Crippen LogP) is 4.59. The molecule has 0 aliphatic carbocycles. The van der Waals surface area contributed by atoms with E-state index in [1.807, 2.05) is 19.2 Å². The SMILES string of the molecule is CC(C)c1csc(NC(=O)c2ccc(-c3noc(C(F)(F)F)n3)cc2)n1. The highest BCUT2D eigenvalue weighted by Gasteiger charge is 2.38. The Kier molecular flexibility index (Phi) is 4.77. The zero-order valence-corrected chi connectivity index (χ0v) is 14.5. The monoisotopic (exact) mass is 382 g/mol. The molecule has 26 heavy (non-hydrogen) atoms. The number of halogens is 3. The van der Waals surface area contributed by atoms with E-state index in [0.29, 0.717) is 16.3 Å². The van der Waals surface area contributed by atoms with Gasteiger partial charge < -0.3 is 4.52 Å². The molecule has 136 valence electrons. The van der Waals surface area contributed by atoms with Crippen molar-refractivity contribution < 1.29 is 22.5 Å². The van der Waals surface area contributed by atoms with Crippen molar-refractivity contribution in [1.29, 1.82) is 0 Å². The second-order valence-corrected chi connectivity index (χ2v) is 6.54. The number of carbonyl (C=O) groups is 1. The third-order valence-electron chi connectivity index (χ3n) is 3.41. The maximum atomic E-state index is 12.5. The zero-order chi connectivity index (χ0) is 18.9. The molecule has 0 saturated heterocycles. The van der Waals surface area contributed by atoms with Crippen molar-refractivity contribution in [3.05, 3.63) is 46.8 Å². The van der Waals surface area contributed by atoms with Crippen LogP contribution in [-0.4, -0.2) is 21.0 Å². The van der Waals surface area contributed by atoms with Crippen LogP contribution in [0.15, 0.2) is 34.2 Å². The van der Waals surface area contributed by atoms with Crippen LogP contribution in [0.3, 0.4) is 0 Å². The van der Waals surface area contributed by atoms with Gasteiger partial charge in [-0.3, -0.25) is 10.1 Å². The Balaban J connectivity index is 1.72. The fourth-order valence-corrected chi connectivity index (χ4v) is 2.87. The van der Waals surface area contributed by atoms with E-state index in [2.05, 4.69) is 25.0 Å². The van der Waals surface area contributed by atoms with E-state index in [0.717, 1.165) is 5.69 Å². The van der Waals surface area contributed by atoms with Crippen LogP contribution in [0.5, 0.6) is 0 Å². The minimum absolute atomic E-state index is 0.203. The Morgan fingerprint density at radius 1 is 1.19 bits per heavy atom. The Labute approximate surface area is 150 Å². The van der Waals surface area contributed by atoms with Gasteiger partial charge in [-0.2, -0.15) is 18.2 Å². The number of aromatic nitrogens is 3. The molecule has 1 amide bonds. The van der Waals surface area contributed by atoms with Crippen molar-refractivity contribution in [2.24, 2.45) is 0 Å². The molecule has 0 unspecified atom stereocenters. The number of alkyl halides is 3. The van der Waals surface area contributed by atoms with E-state index >= 15 is 0 Å². The molecule has 0 radical (unpaired) electrons. The number of thiazole rings is 1. The van der Waals surface area contributed by atoms with Gasteiger partial charge in [0.05, 0.1) is 5.69 Å². The standard InChI is InChI=1S/C16H13F3N4O2S/c1-8(2)11-7-26-15(20-11)22-13(24)10-5-3-9(4-6-10)12-21-14(25-23-12)16(17,18)19/h3-8H,1-2H3,(H,20,22,24). The van der Waals surface area contributed by atoms with Crippen molar-refractivity contribution in [2.45, 2.75) is 25.9 Å². The molecular formula is C16H13F3N4O2S. The van der Waals surface area contributed by atoms with Gasteiger partial charge in [0, 0.05) is 16.5 Å². The van der Waals surface area contributed by atoms with Gasteiger partial charge in [0.2, 0.25) is 5.82 Å². The lowest BCUT2D eigenvalue weighted by atomic mass is 10.1. The summed E-state index contributed by atoms with van der Waals surface area (Å²) in [4.78, 5) is 19.8. The normalized spacial score (nSPS) is 11.8. The molecular weight excluding hydrogens is 369 g/mol. The number of anilines is 1. The number of benzene rings is 1. The molecule has 3 rings (SSSR count). The van der Waals surface area contributed by atoms with Gasteiger partial charge in [0.15, 0.2) is 5.13 Å². The number of hydrogen-bond acceptors (Lipinski definition) is 6. The first-order valence-corrected chi connectivity index (χ1v) is 8.40. The number of rotatable bonds is 4. The Morgan fingerprint density at radius 2 is 1.88 bits per heavy atom. The van der Waals surface area contributed by atoms with Crippen molar-refractivity contribution >= 4 is 22.4 Å². The topological polar surface area (TPSA) is 80.9 Å². The van der Waals surface area contributed by atoms with E-state index in [-0.39, 0.29) is 17.6 Å². The molecule has 1 N–H and O–H groups in total. The van der Waals surface area contributed by atoms with Crippen LogP contribution >= 0.6 is 11.3 Å². The van der Waals surface area contributed by atoms with Gasteiger partial charge in [0.25, 0.3) is 5.91 Å². The first-order chi connectivity index (χ1) is 12.2. The molecule has 0 atom stereocenters. The molecule has 0 aliphatic rings. The molecule has 2 heterocycles. The summed E-state index contributed by atoms with van der Waals surface area (Å²) in [6, 6.07) is 5.82. The lowest BCUT2D eigenvalue weighted by molar-refractivity contribution is -0.159. The molecule has 10 heteroatoms. The molecule has 3 aromatic rings. The molecule has 2 aromatic heterocycles. The number of amides is 1. The first kappa shape index (κ1) is 18.1. The molecule has 0 bridgehead atoms. The summed E-state index contributed by atoms with van der Waals surface area (Å²) in [6.45, 7) is 4.00. The largest absolute Gasteiger partial charge is 0.471 e. The maximum Gasteiger partial charge on any atom is 0.471 e. The van der Waals surface area contributed by atoms with E-state index in [1.54, 1.807) is 0 Å².